The molecule has 2 fully saturated rings. The van der Waals surface area contributed by atoms with E-state index in [1.54, 1.807) is 6.92 Å². The van der Waals surface area contributed by atoms with Crippen molar-refractivity contribution < 1.29 is 47.1 Å². The molecule has 7 nitrogen and oxygen atoms in total. The highest BCUT2D eigenvalue weighted by molar-refractivity contribution is 5.77. The minimum Gasteiger partial charge on any atom is -0.481 e. The van der Waals surface area contributed by atoms with Crippen LogP contribution >= 0.6 is 0 Å². The molecule has 232 valence electrons. The summed E-state index contributed by atoms with van der Waals surface area (Å²) in [7, 11) is 0. The van der Waals surface area contributed by atoms with Gasteiger partial charge < -0.3 is 24.8 Å². The molecule has 11 heteroatoms. The fraction of sp³-hybridized carbons (Fsp3) is 0.438. The van der Waals surface area contributed by atoms with Crippen LogP contribution in [-0.4, -0.2) is 52.4 Å². The van der Waals surface area contributed by atoms with Gasteiger partial charge in [-0.15, -0.1) is 0 Å². The first-order valence-electron chi connectivity index (χ1n) is 13.9. The molecule has 2 unspecified atom stereocenters. The number of hydrogen-bond acceptors (Lipinski definition) is 6. The zero-order valence-electron chi connectivity index (χ0n) is 23.9. The lowest BCUT2D eigenvalue weighted by atomic mass is 10.00. The number of carboxylic acid groups (broad SMARTS) is 1. The molecule has 0 amide bonds. The number of allylic oxidation sites excluding steroid dienone is 5. The molecule has 4 rings (SSSR count). The van der Waals surface area contributed by atoms with Crippen LogP contribution in [0.25, 0.3) is 6.08 Å². The SMILES string of the molecule is C=C1CC=C2C(=CC1OCc1cc(/C=C/C=C(\N=C\C)OCCC(C)(O)CO)c(C(F)(F)F)cc1F)C[C@H]1[C@H](C(=O)O)[C@@H]21. The minimum absolute atomic E-state index is 0.00249. The minimum atomic E-state index is -4.82. The molecule has 0 aliphatic heterocycles. The molecule has 0 radical (unpaired) electrons. The Kier molecular flexibility index (Phi) is 9.78. The van der Waals surface area contributed by atoms with Crippen molar-refractivity contribution in [2.24, 2.45) is 22.7 Å². The number of carboxylic acids is 1. The molecule has 3 aliphatic rings. The van der Waals surface area contributed by atoms with E-state index in [1.807, 2.05) is 12.2 Å². The number of halogens is 4. The summed E-state index contributed by atoms with van der Waals surface area (Å²) in [6.07, 6.45) is 4.76. The molecular weight excluding hydrogens is 570 g/mol. The first-order valence-corrected chi connectivity index (χ1v) is 13.9. The third-order valence-electron chi connectivity index (χ3n) is 7.92. The summed E-state index contributed by atoms with van der Waals surface area (Å²) in [5.41, 5.74) is -0.233. The Balaban J connectivity index is 1.50. The monoisotopic (exact) mass is 605 g/mol. The van der Waals surface area contributed by atoms with E-state index in [1.165, 1.54) is 25.3 Å². The van der Waals surface area contributed by atoms with E-state index in [9.17, 15) is 32.6 Å². The van der Waals surface area contributed by atoms with Gasteiger partial charge in [0.15, 0.2) is 0 Å². The second-order valence-electron chi connectivity index (χ2n) is 11.2. The third-order valence-corrected chi connectivity index (χ3v) is 7.92. The topological polar surface area (TPSA) is 109 Å². The average Bonchev–Trinajstić information content (AvgIpc) is 3.57. The number of carbonyl (C=O) groups is 1. The molecular formula is C32H35F4NO6. The van der Waals surface area contributed by atoms with Crippen LogP contribution in [0.1, 0.15) is 49.8 Å². The first kappa shape index (κ1) is 32.4. The van der Waals surface area contributed by atoms with Crippen molar-refractivity contribution >= 4 is 18.3 Å². The van der Waals surface area contributed by atoms with Crippen LogP contribution in [0.15, 0.2) is 70.6 Å². The summed E-state index contributed by atoms with van der Waals surface area (Å²) >= 11 is 0. The molecule has 0 bridgehead atoms. The molecule has 43 heavy (non-hydrogen) atoms. The van der Waals surface area contributed by atoms with Gasteiger partial charge in [0.05, 0.1) is 43.0 Å². The molecule has 3 N–H and O–H groups in total. The van der Waals surface area contributed by atoms with E-state index in [0.29, 0.717) is 24.5 Å². The van der Waals surface area contributed by atoms with Crippen LogP contribution in [0.3, 0.4) is 0 Å². The van der Waals surface area contributed by atoms with E-state index in [4.69, 9.17) is 14.6 Å². The smallest absolute Gasteiger partial charge is 0.417 e. The highest BCUT2D eigenvalue weighted by atomic mass is 19.4. The number of aliphatic imine (C=N–C) groups is 1. The van der Waals surface area contributed by atoms with Crippen molar-refractivity contribution in [2.75, 3.05) is 13.2 Å². The number of rotatable bonds is 12. The Morgan fingerprint density at radius 2 is 2.02 bits per heavy atom. The Bertz CT molecular complexity index is 1400. The van der Waals surface area contributed by atoms with Crippen LogP contribution in [0, 0.1) is 23.6 Å². The Labute approximate surface area is 247 Å². The molecule has 1 aromatic carbocycles. The molecule has 2 saturated carbocycles. The lowest BCUT2D eigenvalue weighted by Gasteiger charge is -2.19. The predicted octanol–water partition coefficient (Wildman–Crippen LogP) is 5.99. The van der Waals surface area contributed by atoms with E-state index >= 15 is 0 Å². The number of aliphatic carboxylic acids is 1. The summed E-state index contributed by atoms with van der Waals surface area (Å²) in [6, 6.07) is 1.53. The molecule has 3 aliphatic carbocycles. The quantitative estimate of drug-likeness (QED) is 0.0889. The van der Waals surface area contributed by atoms with Gasteiger partial charge in [-0.3, -0.25) is 4.79 Å². The predicted molar refractivity (Wildman–Crippen MR) is 152 cm³/mol. The van der Waals surface area contributed by atoms with E-state index in [0.717, 1.165) is 23.3 Å². The summed E-state index contributed by atoms with van der Waals surface area (Å²) < 4.78 is 67.7. The van der Waals surface area contributed by atoms with Crippen LogP contribution in [0.4, 0.5) is 17.6 Å². The highest BCUT2D eigenvalue weighted by Gasteiger charge is 2.61. The van der Waals surface area contributed by atoms with E-state index in [-0.39, 0.29) is 54.4 Å². The highest BCUT2D eigenvalue weighted by Crippen LogP contribution is 2.63. The summed E-state index contributed by atoms with van der Waals surface area (Å²) in [5, 5.41) is 28.5. The second kappa shape index (κ2) is 13.0. The van der Waals surface area contributed by atoms with Gasteiger partial charge in [0.2, 0.25) is 5.88 Å². The Morgan fingerprint density at radius 1 is 1.28 bits per heavy atom. The van der Waals surface area contributed by atoms with Crippen molar-refractivity contribution in [3.63, 3.8) is 0 Å². The normalized spacial score (nSPS) is 25.2. The lowest BCUT2D eigenvalue weighted by molar-refractivity contribution is -0.139. The van der Waals surface area contributed by atoms with Crippen molar-refractivity contribution in [3.8, 4) is 0 Å². The standard InChI is InChI=1S/C32H35F4NO6/c1-4-37-27(42-11-10-31(3,41)17-38)7-5-6-19-12-21(25(33)15-24(19)32(34,35)36)16-43-26-14-20-13-23-28(29(23)30(39)40)22(20)9-8-18(26)2/h4-7,9,12,14-15,23,26,28-29,38,41H,2,8,10-11,13,16-17H2,1,3H3,(H,39,40)/b6-5+,27-7+,37-4+/t23-,26?,28+,29+,31?/m1/s1. The van der Waals surface area contributed by atoms with Gasteiger partial charge in [-0.25, -0.2) is 9.38 Å². The number of ether oxygens (including phenoxy) is 2. The van der Waals surface area contributed by atoms with Gasteiger partial charge in [-0.2, -0.15) is 13.2 Å². The number of nitrogens with zero attached hydrogens (tertiary/aromatic N) is 1. The van der Waals surface area contributed by atoms with Gasteiger partial charge in [-0.05, 0) is 73.1 Å². The fourth-order valence-electron chi connectivity index (χ4n) is 5.48. The van der Waals surface area contributed by atoms with Crippen molar-refractivity contribution in [3.05, 3.63) is 88.1 Å². The van der Waals surface area contributed by atoms with Crippen LogP contribution in [0.5, 0.6) is 0 Å². The van der Waals surface area contributed by atoms with E-state index in [2.05, 4.69) is 11.6 Å². The number of alkyl halides is 3. The number of fused-ring (bicyclic) bond motifs is 3. The van der Waals surface area contributed by atoms with Gasteiger partial charge in [-0.1, -0.05) is 24.8 Å². The van der Waals surface area contributed by atoms with Gasteiger partial charge in [0, 0.05) is 30.2 Å². The molecule has 0 saturated heterocycles. The van der Waals surface area contributed by atoms with Crippen molar-refractivity contribution in [1.29, 1.82) is 0 Å². The number of benzene rings is 1. The summed E-state index contributed by atoms with van der Waals surface area (Å²) in [4.78, 5) is 15.5. The molecule has 1 aromatic rings. The van der Waals surface area contributed by atoms with Crippen molar-refractivity contribution in [2.45, 2.75) is 57.6 Å². The van der Waals surface area contributed by atoms with E-state index < -0.39 is 41.8 Å². The average molecular weight is 606 g/mol. The lowest BCUT2D eigenvalue weighted by Crippen LogP contribution is -2.30. The maximum absolute atomic E-state index is 14.9. The Hall–Kier alpha value is -3.54. The Morgan fingerprint density at radius 3 is 2.67 bits per heavy atom. The van der Waals surface area contributed by atoms with Gasteiger partial charge in [0.1, 0.15) is 5.82 Å². The zero-order valence-corrected chi connectivity index (χ0v) is 23.9. The third kappa shape index (κ3) is 7.70. The maximum atomic E-state index is 14.9. The zero-order chi connectivity index (χ0) is 31.5. The van der Waals surface area contributed by atoms with Crippen molar-refractivity contribution in [1.82, 2.24) is 0 Å². The first-order chi connectivity index (χ1) is 20.3. The number of aliphatic hydroxyl groups excluding tert-OH is 1. The number of aliphatic hydroxyl groups is 2. The largest absolute Gasteiger partial charge is 0.481 e. The van der Waals surface area contributed by atoms with Crippen LogP contribution in [0.2, 0.25) is 0 Å². The molecule has 0 aromatic heterocycles. The summed E-state index contributed by atoms with van der Waals surface area (Å²) in [5.74, 6) is -2.14. The molecule has 0 spiro atoms. The maximum Gasteiger partial charge on any atom is 0.417 e. The molecule has 5 atom stereocenters. The fourth-order valence-corrected chi connectivity index (χ4v) is 5.48. The number of hydrogen-bond donors (Lipinski definition) is 3. The summed E-state index contributed by atoms with van der Waals surface area (Å²) in [6.45, 7) is 6.31. The second-order valence-corrected chi connectivity index (χ2v) is 11.2. The van der Waals surface area contributed by atoms with Crippen LogP contribution in [-0.2, 0) is 27.1 Å². The van der Waals surface area contributed by atoms with Crippen LogP contribution < -0.4 is 0 Å². The molecule has 0 heterocycles. The van der Waals surface area contributed by atoms with Gasteiger partial charge >= 0.3 is 12.1 Å². The van der Waals surface area contributed by atoms with Gasteiger partial charge in [0.25, 0.3) is 0 Å².